The van der Waals surface area contributed by atoms with Crippen molar-refractivity contribution in [1.29, 1.82) is 0 Å². The van der Waals surface area contributed by atoms with Crippen LogP contribution >= 0.6 is 11.8 Å². The first-order chi connectivity index (χ1) is 10.7. The van der Waals surface area contributed by atoms with E-state index in [0.29, 0.717) is 5.75 Å². The van der Waals surface area contributed by atoms with E-state index in [2.05, 4.69) is 9.89 Å². The summed E-state index contributed by atoms with van der Waals surface area (Å²) in [5.41, 5.74) is 2.80. The van der Waals surface area contributed by atoms with Gasteiger partial charge in [-0.05, 0) is 25.1 Å². The van der Waals surface area contributed by atoms with Crippen molar-refractivity contribution in [3.05, 3.63) is 34.9 Å². The van der Waals surface area contributed by atoms with Gasteiger partial charge in [0.05, 0.1) is 31.7 Å². The quantitative estimate of drug-likeness (QED) is 0.943. The van der Waals surface area contributed by atoms with Crippen LogP contribution in [0.3, 0.4) is 0 Å². The zero-order valence-electron chi connectivity index (χ0n) is 12.4. The maximum absolute atomic E-state index is 10.2. The van der Waals surface area contributed by atoms with Gasteiger partial charge < -0.3 is 19.2 Å². The van der Waals surface area contributed by atoms with Gasteiger partial charge >= 0.3 is 0 Å². The number of fused-ring (bicyclic) bond motifs is 2. The molecule has 2 aliphatic heterocycles. The topological polar surface area (TPSA) is 58.2 Å². The number of aliphatic hydroxyl groups excluding tert-OH is 1. The first-order valence-electron chi connectivity index (χ1n) is 7.17. The fourth-order valence-corrected chi connectivity index (χ4v) is 4.10. The molecule has 0 fully saturated rings. The van der Waals surface area contributed by atoms with Crippen LogP contribution in [-0.2, 0) is 0 Å². The van der Waals surface area contributed by atoms with Crippen LogP contribution in [0.4, 0.5) is 0 Å². The average Bonchev–Trinajstić information content (AvgIpc) is 3.20. The number of ether oxygens (including phenoxy) is 1. The zero-order chi connectivity index (χ0) is 15.3. The van der Waals surface area contributed by atoms with E-state index in [1.165, 1.54) is 0 Å². The SMILES string of the molecule is COc1ccc(C2=C(C(C)O)SC3=NCCN32)c2ccoc12. The molecule has 6 heteroatoms. The third-order valence-corrected chi connectivity index (χ3v) is 5.23. The van der Waals surface area contributed by atoms with Crippen LogP contribution in [-0.4, -0.2) is 41.5 Å². The Kier molecular flexibility index (Phi) is 3.16. The molecular weight excluding hydrogens is 300 g/mol. The Bertz CT molecular complexity index is 807. The predicted octanol–water partition coefficient (Wildman–Crippen LogP) is 2.91. The van der Waals surface area contributed by atoms with Gasteiger partial charge in [-0.15, -0.1) is 0 Å². The number of aliphatic hydroxyl groups is 1. The highest BCUT2D eigenvalue weighted by molar-refractivity contribution is 8.17. The number of amidine groups is 1. The Morgan fingerprint density at radius 3 is 3.05 bits per heavy atom. The molecule has 114 valence electrons. The lowest BCUT2D eigenvalue weighted by atomic mass is 10.0. The number of furan rings is 1. The predicted molar refractivity (Wildman–Crippen MR) is 88.0 cm³/mol. The van der Waals surface area contributed by atoms with Gasteiger partial charge in [0.2, 0.25) is 0 Å². The number of rotatable bonds is 3. The summed E-state index contributed by atoms with van der Waals surface area (Å²) in [4.78, 5) is 7.63. The molecule has 0 radical (unpaired) electrons. The second-order valence-corrected chi connectivity index (χ2v) is 6.29. The van der Waals surface area contributed by atoms with Gasteiger partial charge in [0.1, 0.15) is 0 Å². The molecule has 1 unspecified atom stereocenters. The Balaban J connectivity index is 1.95. The Hall–Kier alpha value is -1.92. The van der Waals surface area contributed by atoms with Crippen LogP contribution in [0.5, 0.6) is 5.75 Å². The molecule has 1 aromatic heterocycles. The molecule has 1 atom stereocenters. The monoisotopic (exact) mass is 316 g/mol. The van der Waals surface area contributed by atoms with E-state index in [-0.39, 0.29) is 0 Å². The molecule has 0 amide bonds. The number of aliphatic imine (C=N–C) groups is 1. The molecule has 0 spiro atoms. The van der Waals surface area contributed by atoms with E-state index in [1.54, 1.807) is 32.1 Å². The van der Waals surface area contributed by atoms with Crippen molar-refractivity contribution in [1.82, 2.24) is 4.90 Å². The van der Waals surface area contributed by atoms with Crippen LogP contribution in [0.25, 0.3) is 16.7 Å². The number of nitrogens with zero attached hydrogens (tertiary/aromatic N) is 2. The van der Waals surface area contributed by atoms with Crippen LogP contribution in [0.1, 0.15) is 12.5 Å². The zero-order valence-corrected chi connectivity index (χ0v) is 13.2. The van der Waals surface area contributed by atoms with Gasteiger partial charge in [-0.1, -0.05) is 11.8 Å². The highest BCUT2D eigenvalue weighted by Gasteiger charge is 2.35. The van der Waals surface area contributed by atoms with Crippen molar-refractivity contribution in [2.45, 2.75) is 13.0 Å². The van der Waals surface area contributed by atoms with E-state index in [4.69, 9.17) is 9.15 Å². The molecule has 0 bridgehead atoms. The summed E-state index contributed by atoms with van der Waals surface area (Å²) < 4.78 is 10.9. The maximum Gasteiger partial charge on any atom is 0.176 e. The number of hydrogen-bond donors (Lipinski definition) is 1. The van der Waals surface area contributed by atoms with Gasteiger partial charge in [-0.3, -0.25) is 4.99 Å². The van der Waals surface area contributed by atoms with Crippen LogP contribution in [0.15, 0.2) is 38.8 Å². The smallest absolute Gasteiger partial charge is 0.176 e. The van der Waals surface area contributed by atoms with Crippen molar-refractivity contribution >= 4 is 33.6 Å². The third kappa shape index (κ3) is 1.87. The van der Waals surface area contributed by atoms with Gasteiger partial charge in [-0.2, -0.15) is 0 Å². The van der Waals surface area contributed by atoms with Crippen molar-refractivity contribution in [3.8, 4) is 5.75 Å². The van der Waals surface area contributed by atoms with E-state index in [0.717, 1.165) is 45.4 Å². The molecular formula is C16H16N2O3S. The lowest BCUT2D eigenvalue weighted by Gasteiger charge is -2.19. The van der Waals surface area contributed by atoms with E-state index in [9.17, 15) is 5.11 Å². The summed E-state index contributed by atoms with van der Waals surface area (Å²) in [5.74, 6) is 0.712. The molecule has 22 heavy (non-hydrogen) atoms. The van der Waals surface area contributed by atoms with Crippen LogP contribution in [0.2, 0.25) is 0 Å². The summed E-state index contributed by atoms with van der Waals surface area (Å²) in [6, 6.07) is 5.87. The summed E-state index contributed by atoms with van der Waals surface area (Å²) >= 11 is 1.56. The van der Waals surface area contributed by atoms with Crippen molar-refractivity contribution in [3.63, 3.8) is 0 Å². The second kappa shape index (κ2) is 5.07. The molecule has 3 heterocycles. The maximum atomic E-state index is 10.2. The van der Waals surface area contributed by atoms with Gasteiger partial charge in [0.25, 0.3) is 0 Å². The van der Waals surface area contributed by atoms with Crippen molar-refractivity contribution in [2.24, 2.45) is 4.99 Å². The molecule has 0 aliphatic carbocycles. The minimum Gasteiger partial charge on any atom is -0.493 e. The standard InChI is InChI=1S/C16H16N2O3S/c1-9(19)15-13(18-7-6-17-16(18)22-15)10-3-4-12(20-2)14-11(10)5-8-21-14/h3-5,8-9,19H,6-7H2,1-2H3. The van der Waals surface area contributed by atoms with E-state index < -0.39 is 6.10 Å². The fourth-order valence-electron chi connectivity index (χ4n) is 2.97. The first kappa shape index (κ1) is 13.7. The lowest BCUT2D eigenvalue weighted by molar-refractivity contribution is 0.240. The Morgan fingerprint density at radius 2 is 2.27 bits per heavy atom. The molecule has 0 saturated carbocycles. The lowest BCUT2D eigenvalue weighted by Crippen LogP contribution is -2.20. The van der Waals surface area contributed by atoms with Gasteiger partial charge in [0.15, 0.2) is 16.5 Å². The average molecular weight is 316 g/mol. The molecule has 2 aliphatic rings. The molecule has 1 aromatic carbocycles. The molecule has 2 aromatic rings. The molecule has 0 saturated heterocycles. The summed E-state index contributed by atoms with van der Waals surface area (Å²) in [6.45, 7) is 3.43. The molecule has 1 N–H and O–H groups in total. The van der Waals surface area contributed by atoms with Gasteiger partial charge in [-0.25, -0.2) is 0 Å². The minimum atomic E-state index is -0.530. The molecule has 4 rings (SSSR count). The van der Waals surface area contributed by atoms with Crippen LogP contribution < -0.4 is 4.74 Å². The van der Waals surface area contributed by atoms with Crippen molar-refractivity contribution < 1.29 is 14.3 Å². The number of benzene rings is 1. The fraction of sp³-hybridized carbons (Fsp3) is 0.312. The minimum absolute atomic E-state index is 0.530. The number of thioether (sulfide) groups is 1. The largest absolute Gasteiger partial charge is 0.493 e. The Labute approximate surface area is 132 Å². The third-order valence-electron chi connectivity index (χ3n) is 3.94. The summed E-state index contributed by atoms with van der Waals surface area (Å²) in [6.07, 6.45) is 1.14. The highest BCUT2D eigenvalue weighted by Crippen LogP contribution is 2.45. The first-order valence-corrected chi connectivity index (χ1v) is 7.99. The van der Waals surface area contributed by atoms with E-state index >= 15 is 0 Å². The molecule has 5 nitrogen and oxygen atoms in total. The van der Waals surface area contributed by atoms with Crippen molar-refractivity contribution in [2.75, 3.05) is 20.2 Å². The van der Waals surface area contributed by atoms with Crippen LogP contribution in [0, 0.1) is 0 Å². The second-order valence-electron chi connectivity index (χ2n) is 5.29. The normalized spacial score (nSPS) is 18.9. The summed E-state index contributed by atoms with van der Waals surface area (Å²) in [7, 11) is 1.63. The highest BCUT2D eigenvalue weighted by atomic mass is 32.2. The van der Waals surface area contributed by atoms with E-state index in [1.807, 2.05) is 18.2 Å². The van der Waals surface area contributed by atoms with Gasteiger partial charge in [0, 0.05) is 22.4 Å². The Morgan fingerprint density at radius 1 is 1.41 bits per heavy atom. The summed E-state index contributed by atoms with van der Waals surface area (Å²) in [5, 5.41) is 12.1. The number of methoxy groups -OCH3 is 1. The number of hydrogen-bond acceptors (Lipinski definition) is 6.